The molecule has 1 fully saturated rings. The maximum Gasteiger partial charge on any atom is 0.319 e. The molecule has 3 N–H and O–H groups in total. The van der Waals surface area contributed by atoms with E-state index < -0.39 is 0 Å². The molecule has 1 atom stereocenters. The Morgan fingerprint density at radius 3 is 2.15 bits per heavy atom. The fourth-order valence-electron chi connectivity index (χ4n) is 2.52. The van der Waals surface area contributed by atoms with Crippen molar-refractivity contribution in [3.05, 3.63) is 59.7 Å². The van der Waals surface area contributed by atoms with Gasteiger partial charge in [0.05, 0.1) is 17.7 Å². The first-order chi connectivity index (χ1) is 12.5. The summed E-state index contributed by atoms with van der Waals surface area (Å²) in [6.07, 6.45) is 1.94. The third-order valence-electron chi connectivity index (χ3n) is 4.25. The minimum atomic E-state index is -0.326. The largest absolute Gasteiger partial charge is 0.331 e. The number of carbonyl (C=O) groups excluding carboxylic acids is 2. The number of nitrogens with one attached hydrogen (secondary N) is 3. The van der Waals surface area contributed by atoms with Crippen LogP contribution >= 0.6 is 0 Å². The minimum Gasteiger partial charge on any atom is -0.331 e. The van der Waals surface area contributed by atoms with Crippen LogP contribution in [0.15, 0.2) is 48.5 Å². The zero-order valence-corrected chi connectivity index (χ0v) is 14.5. The third kappa shape index (κ3) is 4.61. The molecule has 0 aromatic heterocycles. The molecule has 2 aromatic carbocycles. The molecule has 1 aliphatic carbocycles. The van der Waals surface area contributed by atoms with Gasteiger partial charge in [-0.15, -0.1) is 0 Å². The van der Waals surface area contributed by atoms with Gasteiger partial charge in [0.15, 0.2) is 0 Å². The number of hydrogen-bond acceptors (Lipinski definition) is 3. The predicted octanol–water partition coefficient (Wildman–Crippen LogP) is 3.79. The average Bonchev–Trinajstić information content (AvgIpc) is 3.48. The number of benzene rings is 2. The maximum absolute atomic E-state index is 12.1. The molecule has 3 amide bonds. The lowest BCUT2D eigenvalue weighted by Gasteiger charge is -2.16. The molecule has 0 radical (unpaired) electrons. The zero-order valence-electron chi connectivity index (χ0n) is 14.5. The lowest BCUT2D eigenvalue weighted by Crippen LogP contribution is -2.31. The van der Waals surface area contributed by atoms with Gasteiger partial charge < -0.3 is 16.0 Å². The number of anilines is 2. The Balaban J connectivity index is 1.53. The van der Waals surface area contributed by atoms with Crippen molar-refractivity contribution >= 4 is 23.3 Å². The standard InChI is InChI=1S/C20H20N4O2/c1-13(22-20(26)24-18-8-2-14(12-21)3-9-18)15-6-10-17(11-7-15)23-19(25)16-4-5-16/h2-3,6-11,13,16H,4-5H2,1H3,(H,23,25)(H2,22,24,26). The number of carbonyl (C=O) groups is 2. The first-order valence-electron chi connectivity index (χ1n) is 8.53. The summed E-state index contributed by atoms with van der Waals surface area (Å²) in [5, 5.41) is 17.3. The summed E-state index contributed by atoms with van der Waals surface area (Å²) < 4.78 is 0. The highest BCUT2D eigenvalue weighted by Gasteiger charge is 2.29. The van der Waals surface area contributed by atoms with Crippen molar-refractivity contribution in [3.8, 4) is 6.07 Å². The van der Waals surface area contributed by atoms with Crippen LogP contribution in [0.4, 0.5) is 16.2 Å². The van der Waals surface area contributed by atoms with Crippen molar-refractivity contribution < 1.29 is 9.59 Å². The monoisotopic (exact) mass is 348 g/mol. The summed E-state index contributed by atoms with van der Waals surface area (Å²) in [4.78, 5) is 23.9. The predicted molar refractivity (Wildman–Crippen MR) is 99.5 cm³/mol. The second kappa shape index (κ2) is 7.70. The van der Waals surface area contributed by atoms with E-state index in [-0.39, 0.29) is 23.9 Å². The van der Waals surface area contributed by atoms with Crippen LogP contribution in [0, 0.1) is 17.2 Å². The first kappa shape index (κ1) is 17.5. The number of hydrogen-bond donors (Lipinski definition) is 3. The highest BCUT2D eigenvalue weighted by molar-refractivity contribution is 5.94. The molecule has 132 valence electrons. The van der Waals surface area contributed by atoms with Gasteiger partial charge in [-0.3, -0.25) is 4.79 Å². The highest BCUT2D eigenvalue weighted by atomic mass is 16.2. The lowest BCUT2D eigenvalue weighted by atomic mass is 10.1. The van der Waals surface area contributed by atoms with E-state index in [1.807, 2.05) is 37.3 Å². The number of nitriles is 1. The van der Waals surface area contributed by atoms with E-state index in [0.717, 1.165) is 24.1 Å². The summed E-state index contributed by atoms with van der Waals surface area (Å²) in [6, 6.07) is 15.6. The molecule has 1 unspecified atom stereocenters. The van der Waals surface area contributed by atoms with Gasteiger partial charge in [0, 0.05) is 17.3 Å². The van der Waals surface area contributed by atoms with Gasteiger partial charge in [0.2, 0.25) is 5.91 Å². The van der Waals surface area contributed by atoms with Crippen LogP contribution in [-0.2, 0) is 4.79 Å². The van der Waals surface area contributed by atoms with E-state index >= 15 is 0 Å². The molecule has 0 bridgehead atoms. The lowest BCUT2D eigenvalue weighted by molar-refractivity contribution is -0.117. The smallest absolute Gasteiger partial charge is 0.319 e. The van der Waals surface area contributed by atoms with Gasteiger partial charge in [-0.05, 0) is 61.7 Å². The molecular formula is C20H20N4O2. The van der Waals surface area contributed by atoms with Crippen LogP contribution in [0.3, 0.4) is 0 Å². The van der Waals surface area contributed by atoms with E-state index in [1.165, 1.54) is 0 Å². The van der Waals surface area contributed by atoms with Gasteiger partial charge in [-0.2, -0.15) is 5.26 Å². The van der Waals surface area contributed by atoms with Gasteiger partial charge in [-0.1, -0.05) is 12.1 Å². The zero-order chi connectivity index (χ0) is 18.5. The molecule has 1 aliphatic rings. The van der Waals surface area contributed by atoms with E-state index in [9.17, 15) is 9.59 Å². The number of amides is 3. The molecule has 3 rings (SSSR count). The Labute approximate surface area is 152 Å². The quantitative estimate of drug-likeness (QED) is 0.767. The number of rotatable bonds is 5. The number of nitrogens with zero attached hydrogens (tertiary/aromatic N) is 1. The van der Waals surface area contributed by atoms with Crippen molar-refractivity contribution in [1.82, 2.24) is 5.32 Å². The van der Waals surface area contributed by atoms with Crippen molar-refractivity contribution in [3.63, 3.8) is 0 Å². The Bertz CT molecular complexity index is 834. The fraction of sp³-hybridized carbons (Fsp3) is 0.250. The van der Waals surface area contributed by atoms with Crippen molar-refractivity contribution in [2.24, 2.45) is 5.92 Å². The van der Waals surface area contributed by atoms with Crippen LogP contribution in [0.5, 0.6) is 0 Å². The number of urea groups is 1. The topological polar surface area (TPSA) is 94.0 Å². The Kier molecular flexibility index (Phi) is 5.18. The molecule has 0 aliphatic heterocycles. The van der Waals surface area contributed by atoms with Crippen LogP contribution in [0.2, 0.25) is 0 Å². The molecule has 0 saturated heterocycles. The molecule has 1 saturated carbocycles. The Morgan fingerprint density at radius 2 is 1.58 bits per heavy atom. The summed E-state index contributed by atoms with van der Waals surface area (Å²) in [7, 11) is 0. The first-order valence-corrected chi connectivity index (χ1v) is 8.53. The van der Waals surface area contributed by atoms with E-state index in [1.54, 1.807) is 24.3 Å². The molecule has 2 aromatic rings. The molecule has 0 spiro atoms. The van der Waals surface area contributed by atoms with Gasteiger partial charge >= 0.3 is 6.03 Å². The summed E-state index contributed by atoms with van der Waals surface area (Å²) >= 11 is 0. The molecule has 6 nitrogen and oxygen atoms in total. The second-order valence-electron chi connectivity index (χ2n) is 6.39. The van der Waals surface area contributed by atoms with Crippen LogP contribution in [-0.4, -0.2) is 11.9 Å². The minimum absolute atomic E-state index is 0.0747. The fourth-order valence-corrected chi connectivity index (χ4v) is 2.52. The normalized spacial score (nSPS) is 14.0. The molecule has 6 heteroatoms. The van der Waals surface area contributed by atoms with Crippen LogP contribution in [0.1, 0.15) is 36.9 Å². The van der Waals surface area contributed by atoms with Gasteiger partial charge in [-0.25, -0.2) is 4.79 Å². The van der Waals surface area contributed by atoms with E-state index in [4.69, 9.17) is 5.26 Å². The second-order valence-corrected chi connectivity index (χ2v) is 6.39. The summed E-state index contributed by atoms with van der Waals surface area (Å²) in [6.45, 7) is 1.89. The summed E-state index contributed by atoms with van der Waals surface area (Å²) in [5.41, 5.74) is 2.86. The Hall–Kier alpha value is -3.33. The molecular weight excluding hydrogens is 328 g/mol. The van der Waals surface area contributed by atoms with Crippen molar-refractivity contribution in [2.75, 3.05) is 10.6 Å². The van der Waals surface area contributed by atoms with E-state index in [2.05, 4.69) is 16.0 Å². The average molecular weight is 348 g/mol. The molecule has 0 heterocycles. The maximum atomic E-state index is 12.1. The third-order valence-corrected chi connectivity index (χ3v) is 4.25. The van der Waals surface area contributed by atoms with Crippen LogP contribution < -0.4 is 16.0 Å². The van der Waals surface area contributed by atoms with Crippen molar-refractivity contribution in [2.45, 2.75) is 25.8 Å². The van der Waals surface area contributed by atoms with Crippen molar-refractivity contribution in [1.29, 1.82) is 5.26 Å². The van der Waals surface area contributed by atoms with E-state index in [0.29, 0.717) is 11.3 Å². The Morgan fingerprint density at radius 1 is 1.00 bits per heavy atom. The highest BCUT2D eigenvalue weighted by Crippen LogP contribution is 2.30. The van der Waals surface area contributed by atoms with Crippen LogP contribution in [0.25, 0.3) is 0 Å². The molecule has 26 heavy (non-hydrogen) atoms. The van der Waals surface area contributed by atoms with Gasteiger partial charge in [0.1, 0.15) is 0 Å². The van der Waals surface area contributed by atoms with Gasteiger partial charge in [0.25, 0.3) is 0 Å². The summed E-state index contributed by atoms with van der Waals surface area (Å²) in [5.74, 6) is 0.243. The SMILES string of the molecule is CC(NC(=O)Nc1ccc(C#N)cc1)c1ccc(NC(=O)C2CC2)cc1.